The molecule has 0 aliphatic heterocycles. The van der Waals surface area contributed by atoms with Crippen LogP contribution in [0.15, 0.2) is 10.5 Å². The van der Waals surface area contributed by atoms with Gasteiger partial charge in [0.05, 0.1) is 10.6 Å². The van der Waals surface area contributed by atoms with Crippen LogP contribution in [0, 0.1) is 19.3 Å². The molecule has 4 nitrogen and oxygen atoms in total. The highest BCUT2D eigenvalue weighted by atomic mass is 32.1. The van der Waals surface area contributed by atoms with Crippen LogP contribution in [0.2, 0.25) is 0 Å². The predicted molar refractivity (Wildman–Crippen MR) is 71.1 cm³/mol. The first-order valence-electron chi connectivity index (χ1n) is 5.39. The van der Waals surface area contributed by atoms with E-state index in [-0.39, 0.29) is 5.91 Å². The van der Waals surface area contributed by atoms with Crippen LogP contribution < -0.4 is 11.1 Å². The third kappa shape index (κ3) is 3.30. The molecule has 0 saturated carbocycles. The van der Waals surface area contributed by atoms with Gasteiger partial charge in [-0.25, -0.2) is 0 Å². The largest absolute Gasteiger partial charge is 0.466 e. The van der Waals surface area contributed by atoms with Crippen molar-refractivity contribution in [2.75, 3.05) is 6.54 Å². The Bertz CT molecular complexity index is 449. The molecule has 0 spiro atoms. The average molecular weight is 254 g/mol. The fourth-order valence-electron chi connectivity index (χ4n) is 1.34. The summed E-state index contributed by atoms with van der Waals surface area (Å²) in [6.45, 7) is 7.76. The molecule has 0 atom stereocenters. The monoisotopic (exact) mass is 254 g/mol. The quantitative estimate of drug-likeness (QED) is 0.806. The Balaban J connectivity index is 2.68. The van der Waals surface area contributed by atoms with Crippen LogP contribution in [0.5, 0.6) is 0 Å². The number of hydrogen-bond donors (Lipinski definition) is 2. The van der Waals surface area contributed by atoms with Crippen molar-refractivity contribution in [3.05, 3.63) is 23.2 Å². The van der Waals surface area contributed by atoms with E-state index in [1.807, 2.05) is 20.8 Å². The fraction of sp³-hybridized carbons (Fsp3) is 0.500. The molecule has 0 unspecified atom stereocenters. The lowest BCUT2D eigenvalue weighted by Gasteiger charge is -2.23. The third-order valence-corrected chi connectivity index (χ3v) is 3.20. The highest BCUT2D eigenvalue weighted by molar-refractivity contribution is 7.80. The van der Waals surface area contributed by atoms with E-state index in [0.717, 1.165) is 5.76 Å². The van der Waals surface area contributed by atoms with Crippen molar-refractivity contribution in [1.29, 1.82) is 0 Å². The summed E-state index contributed by atoms with van der Waals surface area (Å²) in [5, 5.41) is 2.81. The molecule has 3 N–H and O–H groups in total. The first kappa shape index (κ1) is 13.7. The van der Waals surface area contributed by atoms with Crippen LogP contribution in [0.4, 0.5) is 0 Å². The number of carbonyl (C=O) groups excluding carboxylic acids is 1. The van der Waals surface area contributed by atoms with Crippen molar-refractivity contribution < 1.29 is 9.21 Å². The van der Waals surface area contributed by atoms with E-state index in [4.69, 9.17) is 22.4 Å². The lowest BCUT2D eigenvalue weighted by Crippen LogP contribution is -2.41. The Kier molecular flexibility index (Phi) is 3.93. The SMILES string of the molecule is Cc1cc(C(=O)NCC(C)(C)C(N)=S)c(C)o1. The van der Waals surface area contributed by atoms with Gasteiger partial charge in [-0.15, -0.1) is 0 Å². The van der Waals surface area contributed by atoms with Crippen molar-refractivity contribution in [2.45, 2.75) is 27.7 Å². The van der Waals surface area contributed by atoms with Crippen molar-refractivity contribution in [3.8, 4) is 0 Å². The van der Waals surface area contributed by atoms with Crippen LogP contribution in [-0.2, 0) is 0 Å². The summed E-state index contributed by atoms with van der Waals surface area (Å²) in [6, 6.07) is 1.72. The van der Waals surface area contributed by atoms with Crippen molar-refractivity contribution in [3.63, 3.8) is 0 Å². The van der Waals surface area contributed by atoms with E-state index >= 15 is 0 Å². The van der Waals surface area contributed by atoms with Crippen molar-refractivity contribution in [1.82, 2.24) is 5.32 Å². The Morgan fingerprint density at radius 2 is 2.12 bits per heavy atom. The molecule has 0 aliphatic rings. The molecule has 1 rings (SSSR count). The molecule has 5 heteroatoms. The maximum absolute atomic E-state index is 11.9. The molecule has 1 aromatic rings. The number of thiocarbonyl (C=S) groups is 1. The topological polar surface area (TPSA) is 68.3 Å². The Labute approximate surface area is 107 Å². The minimum absolute atomic E-state index is 0.163. The van der Waals surface area contributed by atoms with Crippen LogP contribution in [0.1, 0.15) is 35.7 Å². The van der Waals surface area contributed by atoms with Gasteiger partial charge in [-0.1, -0.05) is 26.1 Å². The summed E-state index contributed by atoms with van der Waals surface area (Å²) in [5.74, 6) is 1.18. The number of nitrogens with one attached hydrogen (secondary N) is 1. The van der Waals surface area contributed by atoms with Gasteiger partial charge in [-0.3, -0.25) is 4.79 Å². The van der Waals surface area contributed by atoms with Gasteiger partial charge < -0.3 is 15.5 Å². The maximum Gasteiger partial charge on any atom is 0.254 e. The highest BCUT2D eigenvalue weighted by Crippen LogP contribution is 2.16. The predicted octanol–water partition coefficient (Wildman–Crippen LogP) is 1.94. The molecule has 94 valence electrons. The van der Waals surface area contributed by atoms with Gasteiger partial charge >= 0.3 is 0 Å². The van der Waals surface area contributed by atoms with Crippen LogP contribution in [0.25, 0.3) is 0 Å². The molecule has 1 aromatic heterocycles. The molecule has 0 radical (unpaired) electrons. The molecule has 0 bridgehead atoms. The molecule has 0 aliphatic carbocycles. The second-order valence-corrected chi connectivity index (χ2v) is 5.20. The van der Waals surface area contributed by atoms with E-state index in [1.165, 1.54) is 0 Å². The summed E-state index contributed by atoms with van der Waals surface area (Å²) >= 11 is 4.94. The summed E-state index contributed by atoms with van der Waals surface area (Å²) in [4.78, 5) is 12.3. The van der Waals surface area contributed by atoms with Gasteiger partial charge in [0.15, 0.2) is 0 Å². The van der Waals surface area contributed by atoms with E-state index in [2.05, 4.69) is 5.32 Å². The number of carbonyl (C=O) groups is 1. The van der Waals surface area contributed by atoms with Gasteiger partial charge in [0.2, 0.25) is 0 Å². The summed E-state index contributed by atoms with van der Waals surface area (Å²) in [6.07, 6.45) is 0. The Hall–Kier alpha value is -1.36. The van der Waals surface area contributed by atoms with Gasteiger partial charge in [0, 0.05) is 12.0 Å². The fourth-order valence-corrected chi connectivity index (χ4v) is 1.41. The number of furan rings is 1. The molecule has 0 fully saturated rings. The van der Waals surface area contributed by atoms with E-state index in [1.54, 1.807) is 13.0 Å². The minimum atomic E-state index is -0.391. The first-order valence-corrected chi connectivity index (χ1v) is 5.80. The molecule has 1 amide bonds. The van der Waals surface area contributed by atoms with E-state index in [9.17, 15) is 4.79 Å². The summed E-state index contributed by atoms with van der Waals surface area (Å²) in [7, 11) is 0. The lowest BCUT2D eigenvalue weighted by molar-refractivity contribution is 0.0943. The number of rotatable bonds is 4. The number of nitrogens with two attached hydrogens (primary N) is 1. The van der Waals surface area contributed by atoms with Gasteiger partial charge in [0.25, 0.3) is 5.91 Å². The average Bonchev–Trinajstić information content (AvgIpc) is 2.54. The minimum Gasteiger partial charge on any atom is -0.466 e. The zero-order chi connectivity index (χ0) is 13.2. The molecule has 0 saturated heterocycles. The third-order valence-electron chi connectivity index (χ3n) is 2.64. The van der Waals surface area contributed by atoms with Crippen molar-refractivity contribution >= 4 is 23.1 Å². The Morgan fingerprint density at radius 1 is 1.53 bits per heavy atom. The van der Waals surface area contributed by atoms with Gasteiger partial charge in [0.1, 0.15) is 11.5 Å². The lowest BCUT2D eigenvalue weighted by atomic mass is 9.93. The summed E-state index contributed by atoms with van der Waals surface area (Å²) < 4.78 is 5.30. The van der Waals surface area contributed by atoms with Crippen molar-refractivity contribution in [2.24, 2.45) is 11.1 Å². The maximum atomic E-state index is 11.9. The summed E-state index contributed by atoms with van der Waals surface area (Å²) in [5.41, 5.74) is 5.76. The molecule has 0 aromatic carbocycles. The van der Waals surface area contributed by atoms with E-state index < -0.39 is 5.41 Å². The first-order chi connectivity index (χ1) is 7.74. The Morgan fingerprint density at radius 3 is 2.53 bits per heavy atom. The van der Waals surface area contributed by atoms with Gasteiger partial charge in [-0.2, -0.15) is 0 Å². The van der Waals surface area contributed by atoms with Gasteiger partial charge in [-0.05, 0) is 19.9 Å². The highest BCUT2D eigenvalue weighted by Gasteiger charge is 2.23. The molecular weight excluding hydrogens is 236 g/mol. The number of aryl methyl sites for hydroxylation is 2. The zero-order valence-corrected chi connectivity index (χ0v) is 11.4. The second-order valence-electron chi connectivity index (χ2n) is 4.76. The molecule has 17 heavy (non-hydrogen) atoms. The number of amides is 1. The van der Waals surface area contributed by atoms with Crippen LogP contribution >= 0.6 is 12.2 Å². The normalized spacial score (nSPS) is 11.3. The smallest absolute Gasteiger partial charge is 0.254 e. The number of hydrogen-bond acceptors (Lipinski definition) is 3. The zero-order valence-electron chi connectivity index (χ0n) is 10.6. The molecular formula is C12H18N2O2S. The van der Waals surface area contributed by atoms with Crippen LogP contribution in [-0.4, -0.2) is 17.4 Å². The second kappa shape index (κ2) is 4.87. The van der Waals surface area contributed by atoms with Crippen LogP contribution in [0.3, 0.4) is 0 Å². The van der Waals surface area contributed by atoms with E-state index in [0.29, 0.717) is 22.9 Å². The molecule has 1 heterocycles. The standard InChI is InChI=1S/C12H18N2O2S/c1-7-5-9(8(2)16-7)10(15)14-6-12(3,4)11(13)17/h5H,6H2,1-4H3,(H2,13,17)(H,14,15).